The van der Waals surface area contributed by atoms with E-state index in [4.69, 9.17) is 9.26 Å². The first-order valence-electron chi connectivity index (χ1n) is 6.29. The molecule has 0 saturated heterocycles. The van der Waals surface area contributed by atoms with Crippen molar-refractivity contribution < 1.29 is 9.26 Å². The van der Waals surface area contributed by atoms with Crippen LogP contribution in [0, 0.1) is 6.92 Å². The van der Waals surface area contributed by atoms with Crippen LogP contribution in [0.1, 0.15) is 18.4 Å². The van der Waals surface area contributed by atoms with E-state index in [1.807, 2.05) is 32.2 Å². The SMILES string of the molecule is CNC(C)Cc1nc(-c2ccc(C)cc2OC)no1. The minimum Gasteiger partial charge on any atom is -0.496 e. The van der Waals surface area contributed by atoms with Crippen LogP contribution in [0.5, 0.6) is 5.75 Å². The summed E-state index contributed by atoms with van der Waals surface area (Å²) >= 11 is 0. The van der Waals surface area contributed by atoms with Crippen molar-refractivity contribution in [1.82, 2.24) is 15.5 Å². The quantitative estimate of drug-likeness (QED) is 0.894. The molecule has 0 radical (unpaired) electrons. The average Bonchev–Trinajstić information content (AvgIpc) is 2.86. The first-order valence-corrected chi connectivity index (χ1v) is 6.29. The molecule has 102 valence electrons. The molecule has 0 saturated carbocycles. The highest BCUT2D eigenvalue weighted by atomic mass is 16.5. The van der Waals surface area contributed by atoms with Gasteiger partial charge in [0.2, 0.25) is 11.7 Å². The molecule has 5 heteroatoms. The van der Waals surface area contributed by atoms with Gasteiger partial charge in [-0.1, -0.05) is 11.2 Å². The summed E-state index contributed by atoms with van der Waals surface area (Å²) in [5, 5.41) is 7.16. The van der Waals surface area contributed by atoms with Gasteiger partial charge in [0.15, 0.2) is 0 Å². The smallest absolute Gasteiger partial charge is 0.228 e. The topological polar surface area (TPSA) is 60.2 Å². The first-order chi connectivity index (χ1) is 9.13. The number of nitrogens with zero attached hydrogens (tertiary/aromatic N) is 2. The standard InChI is InChI=1S/C14H19N3O2/c1-9-5-6-11(12(7-9)18-4)14-16-13(19-17-14)8-10(2)15-3/h5-7,10,15H,8H2,1-4H3. The second kappa shape index (κ2) is 5.84. The van der Waals surface area contributed by atoms with Crippen LogP contribution in [0.4, 0.5) is 0 Å². The van der Waals surface area contributed by atoms with E-state index >= 15 is 0 Å². The van der Waals surface area contributed by atoms with Crippen molar-refractivity contribution in [3.63, 3.8) is 0 Å². The summed E-state index contributed by atoms with van der Waals surface area (Å²) in [4.78, 5) is 4.41. The minimum atomic E-state index is 0.299. The molecule has 0 amide bonds. The summed E-state index contributed by atoms with van der Waals surface area (Å²) in [6, 6.07) is 6.21. The molecule has 0 aliphatic heterocycles. The van der Waals surface area contributed by atoms with Crippen LogP contribution in [-0.4, -0.2) is 30.3 Å². The average molecular weight is 261 g/mol. The molecule has 0 spiro atoms. The van der Waals surface area contributed by atoms with Crippen LogP contribution >= 0.6 is 0 Å². The maximum absolute atomic E-state index is 5.36. The summed E-state index contributed by atoms with van der Waals surface area (Å²) in [6.07, 6.45) is 0.706. The molecule has 2 aromatic rings. The molecule has 0 aliphatic carbocycles. The number of ether oxygens (including phenoxy) is 1. The van der Waals surface area contributed by atoms with E-state index in [0.717, 1.165) is 16.9 Å². The Morgan fingerprint density at radius 1 is 1.42 bits per heavy atom. The molecule has 2 rings (SSSR count). The molecular formula is C14H19N3O2. The fraction of sp³-hybridized carbons (Fsp3) is 0.429. The van der Waals surface area contributed by atoms with Crippen LogP contribution in [-0.2, 0) is 6.42 Å². The number of nitrogens with one attached hydrogen (secondary N) is 1. The summed E-state index contributed by atoms with van der Waals surface area (Å²) in [7, 11) is 3.55. The van der Waals surface area contributed by atoms with E-state index in [9.17, 15) is 0 Å². The maximum atomic E-state index is 5.36. The van der Waals surface area contributed by atoms with E-state index in [2.05, 4.69) is 22.4 Å². The highest BCUT2D eigenvalue weighted by Crippen LogP contribution is 2.28. The van der Waals surface area contributed by atoms with Gasteiger partial charge in [-0.3, -0.25) is 0 Å². The zero-order chi connectivity index (χ0) is 13.8. The summed E-state index contributed by atoms with van der Waals surface area (Å²) in [5.74, 6) is 1.95. The number of benzene rings is 1. The van der Waals surface area contributed by atoms with Gasteiger partial charge >= 0.3 is 0 Å². The Kier molecular flexibility index (Phi) is 4.16. The lowest BCUT2D eigenvalue weighted by Crippen LogP contribution is -2.23. The first kappa shape index (κ1) is 13.5. The molecule has 1 atom stereocenters. The van der Waals surface area contributed by atoms with Crippen molar-refractivity contribution in [3.8, 4) is 17.1 Å². The van der Waals surface area contributed by atoms with Gasteiger partial charge in [0.1, 0.15) is 5.75 Å². The van der Waals surface area contributed by atoms with Gasteiger partial charge in [0.05, 0.1) is 12.7 Å². The van der Waals surface area contributed by atoms with E-state index in [0.29, 0.717) is 24.2 Å². The Labute approximate surface area is 113 Å². The lowest BCUT2D eigenvalue weighted by Gasteiger charge is -2.06. The molecule has 5 nitrogen and oxygen atoms in total. The molecule has 1 aromatic heterocycles. The van der Waals surface area contributed by atoms with Gasteiger partial charge in [-0.15, -0.1) is 0 Å². The van der Waals surface area contributed by atoms with Gasteiger partial charge < -0.3 is 14.6 Å². The van der Waals surface area contributed by atoms with Crippen LogP contribution in [0.2, 0.25) is 0 Å². The van der Waals surface area contributed by atoms with E-state index in [1.165, 1.54) is 0 Å². The molecule has 1 heterocycles. The third-order valence-electron chi connectivity index (χ3n) is 3.04. The third kappa shape index (κ3) is 3.12. The van der Waals surface area contributed by atoms with Crippen molar-refractivity contribution in [2.75, 3.05) is 14.2 Å². The summed E-state index contributed by atoms with van der Waals surface area (Å²) in [6.45, 7) is 4.08. The lowest BCUT2D eigenvalue weighted by molar-refractivity contribution is 0.365. The van der Waals surface area contributed by atoms with Crippen molar-refractivity contribution >= 4 is 0 Å². The number of aryl methyl sites for hydroxylation is 1. The minimum absolute atomic E-state index is 0.299. The van der Waals surface area contributed by atoms with E-state index < -0.39 is 0 Å². The molecule has 0 bridgehead atoms. The van der Waals surface area contributed by atoms with Crippen LogP contribution in [0.3, 0.4) is 0 Å². The molecular weight excluding hydrogens is 242 g/mol. The molecule has 1 N–H and O–H groups in total. The molecule has 0 aliphatic rings. The largest absolute Gasteiger partial charge is 0.496 e. The number of hydrogen-bond acceptors (Lipinski definition) is 5. The van der Waals surface area contributed by atoms with Gasteiger partial charge in [0, 0.05) is 12.5 Å². The zero-order valence-electron chi connectivity index (χ0n) is 11.7. The van der Waals surface area contributed by atoms with Crippen molar-refractivity contribution in [2.45, 2.75) is 26.3 Å². The van der Waals surface area contributed by atoms with Gasteiger partial charge in [-0.05, 0) is 38.6 Å². The van der Waals surface area contributed by atoms with Crippen molar-refractivity contribution in [2.24, 2.45) is 0 Å². The number of rotatable bonds is 5. The zero-order valence-corrected chi connectivity index (χ0v) is 11.7. The number of hydrogen-bond donors (Lipinski definition) is 1. The number of aromatic nitrogens is 2. The van der Waals surface area contributed by atoms with Crippen LogP contribution < -0.4 is 10.1 Å². The Bertz CT molecular complexity index is 551. The fourth-order valence-corrected chi connectivity index (χ4v) is 1.79. The Morgan fingerprint density at radius 3 is 2.89 bits per heavy atom. The lowest BCUT2D eigenvalue weighted by atomic mass is 10.1. The predicted molar refractivity (Wildman–Crippen MR) is 73.2 cm³/mol. The van der Waals surface area contributed by atoms with Gasteiger partial charge in [-0.25, -0.2) is 0 Å². The molecule has 0 fully saturated rings. The second-order valence-corrected chi connectivity index (χ2v) is 4.61. The highest BCUT2D eigenvalue weighted by molar-refractivity contribution is 5.64. The van der Waals surface area contributed by atoms with Crippen molar-refractivity contribution in [1.29, 1.82) is 0 Å². The Balaban J connectivity index is 2.27. The van der Waals surface area contributed by atoms with E-state index in [1.54, 1.807) is 7.11 Å². The predicted octanol–water partition coefficient (Wildman–Crippen LogP) is 2.20. The normalized spacial score (nSPS) is 12.4. The number of likely N-dealkylation sites (N-methyl/N-ethyl adjacent to an activating group) is 1. The Hall–Kier alpha value is -1.88. The second-order valence-electron chi connectivity index (χ2n) is 4.61. The highest BCUT2D eigenvalue weighted by Gasteiger charge is 2.14. The fourth-order valence-electron chi connectivity index (χ4n) is 1.79. The van der Waals surface area contributed by atoms with Crippen LogP contribution in [0.25, 0.3) is 11.4 Å². The monoisotopic (exact) mass is 261 g/mol. The molecule has 19 heavy (non-hydrogen) atoms. The van der Waals surface area contributed by atoms with Crippen LogP contribution in [0.15, 0.2) is 22.7 Å². The van der Waals surface area contributed by atoms with E-state index in [-0.39, 0.29) is 0 Å². The third-order valence-corrected chi connectivity index (χ3v) is 3.04. The summed E-state index contributed by atoms with van der Waals surface area (Å²) in [5.41, 5.74) is 1.98. The molecule has 1 aromatic carbocycles. The number of methoxy groups -OCH3 is 1. The Morgan fingerprint density at radius 2 is 2.21 bits per heavy atom. The van der Waals surface area contributed by atoms with Gasteiger partial charge in [0.25, 0.3) is 0 Å². The summed E-state index contributed by atoms with van der Waals surface area (Å²) < 4.78 is 10.6. The molecule has 1 unspecified atom stereocenters. The maximum Gasteiger partial charge on any atom is 0.228 e. The van der Waals surface area contributed by atoms with Crippen molar-refractivity contribution in [3.05, 3.63) is 29.7 Å². The van der Waals surface area contributed by atoms with Gasteiger partial charge in [-0.2, -0.15) is 4.98 Å².